The van der Waals surface area contributed by atoms with Crippen LogP contribution in [0.2, 0.25) is 0 Å². The minimum atomic E-state index is 0.178. The van der Waals surface area contributed by atoms with Crippen LogP contribution in [0.3, 0.4) is 0 Å². The molecule has 1 aromatic rings. The van der Waals surface area contributed by atoms with Crippen molar-refractivity contribution in [1.29, 1.82) is 0 Å². The van der Waals surface area contributed by atoms with Crippen molar-refractivity contribution < 1.29 is 9.21 Å². The third-order valence-corrected chi connectivity index (χ3v) is 2.83. The SMILES string of the molecule is CC(=O)SC1CN(c2ncco2)C1. The standard InChI is InChI=1S/C8H10N2O2S/c1-6(11)13-7-4-10(5-7)8-9-2-3-12-8/h2-3,7H,4-5H2,1H3. The van der Waals surface area contributed by atoms with Gasteiger partial charge in [-0.15, -0.1) is 0 Å². The number of thioether (sulfide) groups is 1. The van der Waals surface area contributed by atoms with Crippen molar-refractivity contribution in [3.63, 3.8) is 0 Å². The Kier molecular flexibility index (Phi) is 2.26. The van der Waals surface area contributed by atoms with Gasteiger partial charge in [-0.25, -0.2) is 4.98 Å². The van der Waals surface area contributed by atoms with Gasteiger partial charge in [-0.05, 0) is 0 Å². The number of anilines is 1. The normalized spacial score (nSPS) is 17.2. The molecule has 0 N–H and O–H groups in total. The molecule has 5 heteroatoms. The summed E-state index contributed by atoms with van der Waals surface area (Å²) in [4.78, 5) is 16.8. The lowest BCUT2D eigenvalue weighted by Gasteiger charge is -2.36. The Labute approximate surface area is 80.3 Å². The fourth-order valence-electron chi connectivity index (χ4n) is 1.28. The molecule has 0 aliphatic carbocycles. The van der Waals surface area contributed by atoms with E-state index < -0.39 is 0 Å². The first-order valence-electron chi connectivity index (χ1n) is 4.07. The molecule has 70 valence electrons. The first-order chi connectivity index (χ1) is 6.25. The maximum atomic E-state index is 10.7. The van der Waals surface area contributed by atoms with Gasteiger partial charge < -0.3 is 9.32 Å². The number of hydrogen-bond donors (Lipinski definition) is 0. The first-order valence-corrected chi connectivity index (χ1v) is 4.95. The maximum absolute atomic E-state index is 10.7. The van der Waals surface area contributed by atoms with Gasteiger partial charge in [0.05, 0.1) is 6.20 Å². The highest BCUT2D eigenvalue weighted by atomic mass is 32.2. The average molecular weight is 198 g/mol. The van der Waals surface area contributed by atoms with Crippen molar-refractivity contribution >= 4 is 22.9 Å². The zero-order valence-corrected chi connectivity index (χ0v) is 8.08. The summed E-state index contributed by atoms with van der Waals surface area (Å²) in [6.45, 7) is 3.30. The Balaban J connectivity index is 1.82. The average Bonchev–Trinajstić information content (AvgIpc) is 2.46. The largest absolute Gasteiger partial charge is 0.432 e. The Hall–Kier alpha value is -0.970. The minimum absolute atomic E-state index is 0.178. The van der Waals surface area contributed by atoms with Gasteiger partial charge in [0.15, 0.2) is 5.12 Å². The van der Waals surface area contributed by atoms with Crippen LogP contribution in [0.1, 0.15) is 6.92 Å². The molecule has 4 nitrogen and oxygen atoms in total. The summed E-state index contributed by atoms with van der Waals surface area (Å²) in [5.41, 5.74) is 0. The molecule has 1 fully saturated rings. The minimum Gasteiger partial charge on any atom is -0.432 e. The monoisotopic (exact) mass is 198 g/mol. The zero-order valence-electron chi connectivity index (χ0n) is 7.27. The molecule has 0 amide bonds. The predicted octanol–water partition coefficient (Wildman–Crippen LogP) is 1.14. The highest BCUT2D eigenvalue weighted by molar-refractivity contribution is 8.14. The maximum Gasteiger partial charge on any atom is 0.297 e. The van der Waals surface area contributed by atoms with Gasteiger partial charge in [-0.1, -0.05) is 11.8 Å². The van der Waals surface area contributed by atoms with Crippen molar-refractivity contribution in [3.05, 3.63) is 12.5 Å². The first kappa shape index (κ1) is 8.62. The van der Waals surface area contributed by atoms with E-state index in [2.05, 4.69) is 4.98 Å². The molecule has 0 radical (unpaired) electrons. The summed E-state index contributed by atoms with van der Waals surface area (Å²) >= 11 is 1.39. The molecule has 1 aliphatic heterocycles. The quantitative estimate of drug-likeness (QED) is 0.713. The van der Waals surface area contributed by atoms with Crippen molar-refractivity contribution in [2.75, 3.05) is 18.0 Å². The van der Waals surface area contributed by atoms with Crippen LogP contribution in [0.15, 0.2) is 16.9 Å². The second kappa shape index (κ2) is 3.41. The van der Waals surface area contributed by atoms with Gasteiger partial charge in [0.2, 0.25) is 0 Å². The van der Waals surface area contributed by atoms with E-state index in [0.717, 1.165) is 13.1 Å². The van der Waals surface area contributed by atoms with Crippen LogP contribution in [-0.4, -0.2) is 28.4 Å². The Morgan fingerprint density at radius 2 is 2.54 bits per heavy atom. The van der Waals surface area contributed by atoms with Gasteiger partial charge >= 0.3 is 0 Å². The zero-order chi connectivity index (χ0) is 9.26. The molecule has 0 aromatic carbocycles. The Morgan fingerprint density at radius 1 is 1.77 bits per heavy atom. The number of nitrogens with zero attached hydrogens (tertiary/aromatic N) is 2. The number of rotatable bonds is 2. The third kappa shape index (κ3) is 1.85. The fraction of sp³-hybridized carbons (Fsp3) is 0.500. The lowest BCUT2D eigenvalue weighted by atomic mass is 10.2. The highest BCUT2D eigenvalue weighted by Crippen LogP contribution is 2.26. The summed E-state index contributed by atoms with van der Waals surface area (Å²) in [5, 5.41) is 0.585. The lowest BCUT2D eigenvalue weighted by molar-refractivity contribution is -0.109. The lowest BCUT2D eigenvalue weighted by Crippen LogP contribution is -2.49. The topological polar surface area (TPSA) is 46.3 Å². The van der Waals surface area contributed by atoms with Crippen molar-refractivity contribution in [2.24, 2.45) is 0 Å². The molecule has 2 rings (SSSR count). The summed E-state index contributed by atoms with van der Waals surface area (Å²) in [6, 6.07) is 0.653. The molecule has 1 saturated heterocycles. The van der Waals surface area contributed by atoms with Crippen LogP contribution in [0, 0.1) is 0 Å². The summed E-state index contributed by atoms with van der Waals surface area (Å²) in [5.74, 6) is 0. The second-order valence-electron chi connectivity index (χ2n) is 2.95. The van der Waals surface area contributed by atoms with E-state index in [1.807, 2.05) is 4.90 Å². The van der Waals surface area contributed by atoms with E-state index in [4.69, 9.17) is 4.42 Å². The van der Waals surface area contributed by atoms with Gasteiger partial charge in [0, 0.05) is 25.3 Å². The number of carbonyl (C=O) groups excluding carboxylic acids is 1. The summed E-state index contributed by atoms with van der Waals surface area (Å²) < 4.78 is 5.11. The summed E-state index contributed by atoms with van der Waals surface area (Å²) in [6.07, 6.45) is 3.18. The number of oxazole rings is 1. The second-order valence-corrected chi connectivity index (χ2v) is 4.43. The van der Waals surface area contributed by atoms with Gasteiger partial charge in [0.25, 0.3) is 6.01 Å². The molecular formula is C8H10N2O2S. The molecule has 0 unspecified atom stereocenters. The molecule has 0 saturated carbocycles. The molecule has 0 atom stereocenters. The predicted molar refractivity (Wildman–Crippen MR) is 50.8 cm³/mol. The molecule has 1 aromatic heterocycles. The molecule has 13 heavy (non-hydrogen) atoms. The van der Waals surface area contributed by atoms with E-state index >= 15 is 0 Å². The van der Waals surface area contributed by atoms with E-state index in [0.29, 0.717) is 11.3 Å². The van der Waals surface area contributed by atoms with Gasteiger partial charge in [-0.2, -0.15) is 0 Å². The number of hydrogen-bond acceptors (Lipinski definition) is 5. The van der Waals surface area contributed by atoms with Crippen molar-refractivity contribution in [3.8, 4) is 0 Å². The van der Waals surface area contributed by atoms with Crippen LogP contribution in [0.25, 0.3) is 0 Å². The molecule has 0 bridgehead atoms. The fourth-order valence-corrected chi connectivity index (χ4v) is 2.25. The van der Waals surface area contributed by atoms with E-state index in [-0.39, 0.29) is 5.12 Å². The smallest absolute Gasteiger partial charge is 0.297 e. The molecule has 2 heterocycles. The molecule has 1 aliphatic rings. The number of carbonyl (C=O) groups is 1. The Morgan fingerprint density at radius 3 is 3.08 bits per heavy atom. The van der Waals surface area contributed by atoms with Crippen LogP contribution >= 0.6 is 11.8 Å². The highest BCUT2D eigenvalue weighted by Gasteiger charge is 2.30. The van der Waals surface area contributed by atoms with E-state index in [1.165, 1.54) is 11.8 Å². The van der Waals surface area contributed by atoms with Crippen molar-refractivity contribution in [1.82, 2.24) is 4.98 Å². The number of aromatic nitrogens is 1. The molecule has 0 spiro atoms. The third-order valence-electron chi connectivity index (χ3n) is 1.87. The van der Waals surface area contributed by atoms with E-state index in [1.54, 1.807) is 19.4 Å². The van der Waals surface area contributed by atoms with Crippen molar-refractivity contribution in [2.45, 2.75) is 12.2 Å². The summed E-state index contributed by atoms with van der Waals surface area (Å²) in [7, 11) is 0. The van der Waals surface area contributed by atoms with Crippen LogP contribution in [-0.2, 0) is 4.79 Å². The van der Waals surface area contributed by atoms with Gasteiger partial charge in [0.1, 0.15) is 6.26 Å². The Bertz CT molecular complexity index is 293. The van der Waals surface area contributed by atoms with E-state index in [9.17, 15) is 4.79 Å². The van der Waals surface area contributed by atoms with Gasteiger partial charge in [-0.3, -0.25) is 4.79 Å². The molecular weight excluding hydrogens is 188 g/mol. The van der Waals surface area contributed by atoms with Crippen LogP contribution < -0.4 is 4.90 Å². The van der Waals surface area contributed by atoms with Crippen LogP contribution in [0.4, 0.5) is 6.01 Å². The van der Waals surface area contributed by atoms with Crippen LogP contribution in [0.5, 0.6) is 0 Å².